The van der Waals surface area contributed by atoms with Gasteiger partial charge in [0, 0.05) is 32.5 Å². The molecule has 0 aliphatic rings. The van der Waals surface area contributed by atoms with Crippen molar-refractivity contribution in [3.63, 3.8) is 0 Å². The Morgan fingerprint density at radius 3 is 2.14 bits per heavy atom. The van der Waals surface area contributed by atoms with Crippen LogP contribution in [0.1, 0.15) is 57.1 Å². The number of alkyl halides is 3. The number of hydrogen-bond donors (Lipinski definition) is 1. The normalized spacial score (nSPS) is 11.3. The second-order valence-corrected chi connectivity index (χ2v) is 6.94. The average molecular weight is 416 g/mol. The summed E-state index contributed by atoms with van der Waals surface area (Å²) in [6, 6.07) is 6.83. The standard InChI is InChI=1S/C21H31F3N2O3/c1-3-12-26(13-4-2)20(28)7-5-6-19(27)25-14-17-8-10-18(11-9-17)15-29-16-21(22,23)24/h8-11H,3-7,12-16H2,1-2H3,(H,25,27). The first kappa shape index (κ1) is 24.9. The van der Waals surface area contributed by atoms with E-state index < -0.39 is 12.8 Å². The molecule has 0 spiro atoms. The predicted molar refractivity (Wildman–Crippen MR) is 105 cm³/mol. The molecular formula is C21H31F3N2O3. The fourth-order valence-corrected chi connectivity index (χ4v) is 2.79. The number of halogens is 3. The summed E-state index contributed by atoms with van der Waals surface area (Å²) in [5, 5.41) is 2.79. The highest BCUT2D eigenvalue weighted by atomic mass is 19.4. The molecule has 0 unspecified atom stereocenters. The van der Waals surface area contributed by atoms with E-state index in [2.05, 4.69) is 10.1 Å². The Kier molecular flexibility index (Phi) is 11.3. The molecule has 0 bridgehead atoms. The lowest BCUT2D eigenvalue weighted by molar-refractivity contribution is -0.176. The maximum atomic E-state index is 12.2. The highest BCUT2D eigenvalue weighted by molar-refractivity contribution is 5.78. The molecule has 0 saturated heterocycles. The smallest absolute Gasteiger partial charge is 0.367 e. The van der Waals surface area contributed by atoms with Crippen LogP contribution in [0.2, 0.25) is 0 Å². The highest BCUT2D eigenvalue weighted by Crippen LogP contribution is 2.16. The number of hydrogen-bond acceptors (Lipinski definition) is 3. The molecule has 164 valence electrons. The van der Waals surface area contributed by atoms with E-state index in [1.54, 1.807) is 24.3 Å². The number of carbonyl (C=O) groups excluding carboxylic acids is 2. The van der Waals surface area contributed by atoms with Gasteiger partial charge in [-0.1, -0.05) is 38.1 Å². The Hall–Kier alpha value is -2.09. The van der Waals surface area contributed by atoms with Gasteiger partial charge in [0.1, 0.15) is 6.61 Å². The Bertz CT molecular complexity index is 613. The molecule has 0 atom stereocenters. The summed E-state index contributed by atoms with van der Waals surface area (Å²) in [4.78, 5) is 26.0. The minimum absolute atomic E-state index is 0.0878. The zero-order valence-corrected chi connectivity index (χ0v) is 17.2. The molecule has 0 heterocycles. The van der Waals surface area contributed by atoms with Crippen molar-refractivity contribution in [2.24, 2.45) is 0 Å². The van der Waals surface area contributed by atoms with Gasteiger partial charge in [-0.05, 0) is 30.4 Å². The van der Waals surface area contributed by atoms with Gasteiger partial charge in [-0.2, -0.15) is 13.2 Å². The summed E-state index contributed by atoms with van der Waals surface area (Å²) < 4.78 is 40.8. The number of nitrogens with zero attached hydrogens (tertiary/aromatic N) is 1. The molecule has 2 amide bonds. The number of nitrogens with one attached hydrogen (secondary N) is 1. The van der Waals surface area contributed by atoms with Crippen molar-refractivity contribution in [2.75, 3.05) is 19.7 Å². The summed E-state index contributed by atoms with van der Waals surface area (Å²) in [5.74, 6) is -0.0437. The fourth-order valence-electron chi connectivity index (χ4n) is 2.79. The third kappa shape index (κ3) is 11.5. The van der Waals surface area contributed by atoms with Gasteiger partial charge in [-0.15, -0.1) is 0 Å². The van der Waals surface area contributed by atoms with Crippen LogP contribution in [0.4, 0.5) is 13.2 Å². The SMILES string of the molecule is CCCN(CCC)C(=O)CCCC(=O)NCc1ccc(COCC(F)(F)F)cc1. The van der Waals surface area contributed by atoms with Crippen molar-refractivity contribution >= 4 is 11.8 Å². The highest BCUT2D eigenvalue weighted by Gasteiger charge is 2.27. The van der Waals surface area contributed by atoms with Gasteiger partial charge in [0.05, 0.1) is 6.61 Å². The quantitative estimate of drug-likeness (QED) is 0.524. The zero-order chi connectivity index (χ0) is 21.7. The third-order valence-corrected chi connectivity index (χ3v) is 4.18. The minimum Gasteiger partial charge on any atom is -0.367 e. The summed E-state index contributed by atoms with van der Waals surface area (Å²) >= 11 is 0. The van der Waals surface area contributed by atoms with Crippen LogP contribution in [0.15, 0.2) is 24.3 Å². The van der Waals surface area contributed by atoms with Crippen LogP contribution in [-0.2, 0) is 27.5 Å². The van der Waals surface area contributed by atoms with E-state index in [9.17, 15) is 22.8 Å². The Morgan fingerprint density at radius 2 is 1.59 bits per heavy atom. The van der Waals surface area contributed by atoms with Crippen LogP contribution in [-0.4, -0.2) is 42.6 Å². The Morgan fingerprint density at radius 1 is 1.00 bits per heavy atom. The monoisotopic (exact) mass is 416 g/mol. The maximum absolute atomic E-state index is 12.2. The number of ether oxygens (including phenoxy) is 1. The van der Waals surface area contributed by atoms with Gasteiger partial charge in [0.25, 0.3) is 0 Å². The topological polar surface area (TPSA) is 58.6 Å². The summed E-state index contributed by atoms with van der Waals surface area (Å²) in [6.45, 7) is 4.49. The number of benzene rings is 1. The molecule has 0 saturated carbocycles. The molecule has 0 aliphatic heterocycles. The molecule has 0 radical (unpaired) electrons. The zero-order valence-electron chi connectivity index (χ0n) is 17.2. The first-order chi connectivity index (χ1) is 13.7. The van der Waals surface area contributed by atoms with Gasteiger partial charge in [-0.25, -0.2) is 0 Å². The van der Waals surface area contributed by atoms with Crippen molar-refractivity contribution in [3.8, 4) is 0 Å². The Balaban J connectivity index is 2.27. The van der Waals surface area contributed by atoms with Gasteiger partial charge in [0.2, 0.25) is 11.8 Å². The van der Waals surface area contributed by atoms with E-state index >= 15 is 0 Å². The molecule has 5 nitrogen and oxygen atoms in total. The number of rotatable bonds is 13. The first-order valence-electron chi connectivity index (χ1n) is 10.0. The number of amides is 2. The molecular weight excluding hydrogens is 385 g/mol. The van der Waals surface area contributed by atoms with E-state index in [0.29, 0.717) is 24.9 Å². The van der Waals surface area contributed by atoms with Crippen molar-refractivity contribution in [1.29, 1.82) is 0 Å². The second-order valence-electron chi connectivity index (χ2n) is 6.94. The fraction of sp³-hybridized carbons (Fsp3) is 0.619. The molecule has 1 aromatic carbocycles. The lowest BCUT2D eigenvalue weighted by atomic mass is 10.1. The lowest BCUT2D eigenvalue weighted by Crippen LogP contribution is -2.32. The largest absolute Gasteiger partial charge is 0.411 e. The summed E-state index contributed by atoms with van der Waals surface area (Å²) in [7, 11) is 0. The van der Waals surface area contributed by atoms with E-state index in [4.69, 9.17) is 0 Å². The van der Waals surface area contributed by atoms with Crippen LogP contribution >= 0.6 is 0 Å². The summed E-state index contributed by atoms with van der Waals surface area (Å²) in [5.41, 5.74) is 1.47. The second kappa shape index (κ2) is 13.2. The van der Waals surface area contributed by atoms with Gasteiger partial charge in [-0.3, -0.25) is 9.59 Å². The van der Waals surface area contributed by atoms with E-state index in [1.807, 2.05) is 18.7 Å². The molecule has 29 heavy (non-hydrogen) atoms. The summed E-state index contributed by atoms with van der Waals surface area (Å²) in [6.07, 6.45) is -1.36. The van der Waals surface area contributed by atoms with Gasteiger partial charge in [0.15, 0.2) is 0 Å². The van der Waals surface area contributed by atoms with E-state index in [-0.39, 0.29) is 24.8 Å². The van der Waals surface area contributed by atoms with E-state index in [1.165, 1.54) is 0 Å². The number of carbonyl (C=O) groups is 2. The van der Waals surface area contributed by atoms with Crippen molar-refractivity contribution in [3.05, 3.63) is 35.4 Å². The Labute approximate surface area is 170 Å². The van der Waals surface area contributed by atoms with Crippen LogP contribution in [0, 0.1) is 0 Å². The van der Waals surface area contributed by atoms with Gasteiger partial charge >= 0.3 is 6.18 Å². The van der Waals surface area contributed by atoms with Crippen molar-refractivity contribution in [2.45, 2.75) is 65.3 Å². The van der Waals surface area contributed by atoms with Crippen LogP contribution < -0.4 is 5.32 Å². The molecule has 1 N–H and O–H groups in total. The molecule has 0 fully saturated rings. The first-order valence-corrected chi connectivity index (χ1v) is 10.0. The van der Waals surface area contributed by atoms with Crippen LogP contribution in [0.5, 0.6) is 0 Å². The molecule has 0 aromatic heterocycles. The molecule has 8 heteroatoms. The molecule has 0 aliphatic carbocycles. The van der Waals surface area contributed by atoms with E-state index in [0.717, 1.165) is 31.5 Å². The van der Waals surface area contributed by atoms with Gasteiger partial charge < -0.3 is 15.0 Å². The lowest BCUT2D eigenvalue weighted by Gasteiger charge is -2.21. The van der Waals surface area contributed by atoms with Crippen molar-refractivity contribution < 1.29 is 27.5 Å². The third-order valence-electron chi connectivity index (χ3n) is 4.18. The van der Waals surface area contributed by atoms with Crippen molar-refractivity contribution in [1.82, 2.24) is 10.2 Å². The molecule has 1 rings (SSSR count). The maximum Gasteiger partial charge on any atom is 0.411 e. The van der Waals surface area contributed by atoms with Crippen LogP contribution in [0.3, 0.4) is 0 Å². The minimum atomic E-state index is -4.33. The predicted octanol–water partition coefficient (Wildman–Crippen LogP) is 4.20. The average Bonchev–Trinajstić information content (AvgIpc) is 2.66. The molecule has 1 aromatic rings. The van der Waals surface area contributed by atoms with Crippen LogP contribution in [0.25, 0.3) is 0 Å².